The van der Waals surface area contributed by atoms with Crippen molar-refractivity contribution in [1.82, 2.24) is 0 Å². The molecule has 6 nitrogen and oxygen atoms in total. The first-order chi connectivity index (χ1) is 9.08. The predicted octanol–water partition coefficient (Wildman–Crippen LogP) is 0.734. The lowest BCUT2D eigenvalue weighted by Gasteiger charge is -2.33. The van der Waals surface area contributed by atoms with Gasteiger partial charge in [-0.2, -0.15) is 0 Å². The standard InChI is InChI=1S/C13H16N2O4/c1-2-9(13(17)18)15-10-4-3-8(6-14)5-11(10)19-7-12(15)16/h3-5,9H,2,6-7,14H2,1H3,(H,17,18). The average molecular weight is 264 g/mol. The van der Waals surface area contributed by atoms with E-state index in [4.69, 9.17) is 10.5 Å². The molecule has 0 saturated carbocycles. The minimum absolute atomic E-state index is 0.148. The van der Waals surface area contributed by atoms with Gasteiger partial charge in [0.15, 0.2) is 6.61 Å². The van der Waals surface area contributed by atoms with Gasteiger partial charge < -0.3 is 15.6 Å². The molecule has 6 heteroatoms. The van der Waals surface area contributed by atoms with E-state index in [0.29, 0.717) is 24.4 Å². The van der Waals surface area contributed by atoms with Crippen molar-refractivity contribution in [2.24, 2.45) is 5.73 Å². The zero-order valence-electron chi connectivity index (χ0n) is 10.6. The maximum atomic E-state index is 11.9. The van der Waals surface area contributed by atoms with Gasteiger partial charge in [-0.3, -0.25) is 9.69 Å². The Kier molecular flexibility index (Phi) is 3.71. The number of nitrogens with zero attached hydrogens (tertiary/aromatic N) is 1. The first-order valence-corrected chi connectivity index (χ1v) is 6.09. The van der Waals surface area contributed by atoms with Gasteiger partial charge in [-0.05, 0) is 24.1 Å². The molecule has 0 radical (unpaired) electrons. The van der Waals surface area contributed by atoms with Gasteiger partial charge in [0.2, 0.25) is 0 Å². The highest BCUT2D eigenvalue weighted by Gasteiger charge is 2.34. The largest absolute Gasteiger partial charge is 0.482 e. The Morgan fingerprint density at radius 1 is 1.58 bits per heavy atom. The summed E-state index contributed by atoms with van der Waals surface area (Å²) in [4.78, 5) is 24.5. The number of carbonyl (C=O) groups is 2. The van der Waals surface area contributed by atoms with Crippen LogP contribution in [0, 0.1) is 0 Å². The van der Waals surface area contributed by atoms with Crippen LogP contribution < -0.4 is 15.4 Å². The van der Waals surface area contributed by atoms with E-state index >= 15 is 0 Å². The summed E-state index contributed by atoms with van der Waals surface area (Å²) in [5.41, 5.74) is 6.91. The van der Waals surface area contributed by atoms with E-state index in [0.717, 1.165) is 5.56 Å². The van der Waals surface area contributed by atoms with Crippen molar-refractivity contribution in [3.05, 3.63) is 23.8 Å². The summed E-state index contributed by atoms with van der Waals surface area (Å²) >= 11 is 0. The number of amides is 1. The number of carboxylic acids is 1. The minimum Gasteiger partial charge on any atom is -0.482 e. The van der Waals surface area contributed by atoms with Crippen molar-refractivity contribution < 1.29 is 19.4 Å². The van der Waals surface area contributed by atoms with Crippen LogP contribution in [0.15, 0.2) is 18.2 Å². The number of nitrogens with two attached hydrogens (primary N) is 1. The minimum atomic E-state index is -1.02. The number of carboxylic acid groups (broad SMARTS) is 1. The van der Waals surface area contributed by atoms with Crippen LogP contribution in [0.4, 0.5) is 5.69 Å². The third-order valence-corrected chi connectivity index (χ3v) is 3.12. The van der Waals surface area contributed by atoms with Gasteiger partial charge in [-0.1, -0.05) is 13.0 Å². The second-order valence-corrected chi connectivity index (χ2v) is 4.32. The third-order valence-electron chi connectivity index (χ3n) is 3.12. The van der Waals surface area contributed by atoms with Crippen LogP contribution in [0.1, 0.15) is 18.9 Å². The summed E-state index contributed by atoms with van der Waals surface area (Å²) in [6, 6.07) is 4.31. The van der Waals surface area contributed by atoms with Gasteiger partial charge in [0.05, 0.1) is 5.69 Å². The normalized spacial score (nSPS) is 15.7. The zero-order valence-corrected chi connectivity index (χ0v) is 10.6. The van der Waals surface area contributed by atoms with Crippen molar-refractivity contribution in [2.45, 2.75) is 25.9 Å². The van der Waals surface area contributed by atoms with E-state index in [1.54, 1.807) is 25.1 Å². The van der Waals surface area contributed by atoms with Gasteiger partial charge >= 0.3 is 5.97 Å². The molecule has 0 bridgehead atoms. The Balaban J connectivity index is 2.45. The maximum absolute atomic E-state index is 11.9. The number of carbonyl (C=O) groups excluding carboxylic acids is 1. The van der Waals surface area contributed by atoms with Crippen molar-refractivity contribution in [3.63, 3.8) is 0 Å². The molecular formula is C13H16N2O4. The summed E-state index contributed by atoms with van der Waals surface area (Å²) in [6.45, 7) is 1.95. The molecule has 0 aliphatic carbocycles. The molecule has 1 aromatic rings. The van der Waals surface area contributed by atoms with Crippen molar-refractivity contribution in [2.75, 3.05) is 11.5 Å². The van der Waals surface area contributed by atoms with Crippen LogP contribution in [-0.4, -0.2) is 29.6 Å². The van der Waals surface area contributed by atoms with Crippen LogP contribution in [-0.2, 0) is 16.1 Å². The lowest BCUT2D eigenvalue weighted by molar-refractivity contribution is -0.140. The van der Waals surface area contributed by atoms with Crippen LogP contribution in [0.5, 0.6) is 5.75 Å². The molecule has 1 unspecified atom stereocenters. The van der Waals surface area contributed by atoms with Crippen LogP contribution >= 0.6 is 0 Å². The lowest BCUT2D eigenvalue weighted by Crippen LogP contribution is -2.49. The smallest absolute Gasteiger partial charge is 0.326 e. The van der Waals surface area contributed by atoms with E-state index in [-0.39, 0.29) is 12.5 Å². The number of hydrogen-bond acceptors (Lipinski definition) is 4. The highest BCUT2D eigenvalue weighted by molar-refractivity contribution is 6.02. The molecule has 1 heterocycles. The van der Waals surface area contributed by atoms with E-state index in [9.17, 15) is 14.7 Å². The molecule has 0 spiro atoms. The first kappa shape index (κ1) is 13.4. The van der Waals surface area contributed by atoms with E-state index in [1.807, 2.05) is 0 Å². The number of fused-ring (bicyclic) bond motifs is 1. The molecule has 3 N–H and O–H groups in total. The summed E-state index contributed by atoms with van der Waals surface area (Å²) in [7, 11) is 0. The average Bonchev–Trinajstić information content (AvgIpc) is 2.41. The molecule has 0 aromatic heterocycles. The highest BCUT2D eigenvalue weighted by Crippen LogP contribution is 2.34. The number of rotatable bonds is 4. The van der Waals surface area contributed by atoms with Crippen LogP contribution in [0.25, 0.3) is 0 Å². The molecule has 2 rings (SSSR count). The van der Waals surface area contributed by atoms with Gasteiger partial charge in [0.25, 0.3) is 5.91 Å². The lowest BCUT2D eigenvalue weighted by atomic mass is 10.1. The molecule has 102 valence electrons. The fourth-order valence-electron chi connectivity index (χ4n) is 2.15. The second kappa shape index (κ2) is 5.27. The summed E-state index contributed by atoms with van der Waals surface area (Å²) < 4.78 is 5.34. The molecule has 1 aliphatic rings. The van der Waals surface area contributed by atoms with Crippen molar-refractivity contribution in [3.8, 4) is 5.75 Å². The molecule has 1 aliphatic heterocycles. The van der Waals surface area contributed by atoms with Gasteiger partial charge in [-0.25, -0.2) is 4.79 Å². The van der Waals surface area contributed by atoms with Crippen LogP contribution in [0.3, 0.4) is 0 Å². The number of benzene rings is 1. The third kappa shape index (κ3) is 2.39. The Morgan fingerprint density at radius 2 is 2.32 bits per heavy atom. The van der Waals surface area contributed by atoms with Crippen molar-refractivity contribution in [1.29, 1.82) is 0 Å². The molecule has 1 atom stereocenters. The van der Waals surface area contributed by atoms with Crippen molar-refractivity contribution >= 4 is 17.6 Å². The number of aliphatic carboxylic acids is 1. The number of ether oxygens (including phenoxy) is 1. The zero-order chi connectivity index (χ0) is 14.0. The molecule has 0 saturated heterocycles. The topological polar surface area (TPSA) is 92.9 Å². The van der Waals surface area contributed by atoms with E-state index in [2.05, 4.69) is 0 Å². The van der Waals surface area contributed by atoms with Crippen LogP contribution in [0.2, 0.25) is 0 Å². The molecule has 0 fully saturated rings. The molecule has 1 aromatic carbocycles. The monoisotopic (exact) mass is 264 g/mol. The first-order valence-electron chi connectivity index (χ1n) is 6.09. The Bertz CT molecular complexity index is 515. The number of hydrogen-bond donors (Lipinski definition) is 2. The summed E-state index contributed by atoms with van der Waals surface area (Å²) in [5, 5.41) is 9.21. The quantitative estimate of drug-likeness (QED) is 0.836. The Labute approximate surface area is 110 Å². The van der Waals surface area contributed by atoms with Gasteiger partial charge in [0, 0.05) is 6.54 Å². The Morgan fingerprint density at radius 3 is 2.89 bits per heavy atom. The highest BCUT2D eigenvalue weighted by atomic mass is 16.5. The van der Waals surface area contributed by atoms with Gasteiger partial charge in [-0.15, -0.1) is 0 Å². The maximum Gasteiger partial charge on any atom is 0.326 e. The summed E-state index contributed by atoms with van der Waals surface area (Å²) in [6.07, 6.45) is 0.332. The second-order valence-electron chi connectivity index (χ2n) is 4.32. The molecule has 19 heavy (non-hydrogen) atoms. The summed E-state index contributed by atoms with van der Waals surface area (Å²) in [5.74, 6) is -0.865. The SMILES string of the molecule is CCC(C(=O)O)N1C(=O)COc2cc(CN)ccc21. The number of anilines is 1. The van der Waals surface area contributed by atoms with E-state index in [1.165, 1.54) is 4.90 Å². The fraction of sp³-hybridized carbons (Fsp3) is 0.385. The Hall–Kier alpha value is -2.08. The van der Waals surface area contributed by atoms with Gasteiger partial charge in [0.1, 0.15) is 11.8 Å². The molecule has 1 amide bonds. The predicted molar refractivity (Wildman–Crippen MR) is 69.0 cm³/mol. The van der Waals surface area contributed by atoms with E-state index < -0.39 is 12.0 Å². The molecular weight excluding hydrogens is 248 g/mol. The fourth-order valence-corrected chi connectivity index (χ4v) is 2.15.